The second kappa shape index (κ2) is 3.39. The van der Waals surface area contributed by atoms with E-state index >= 15 is 0 Å². The Morgan fingerprint density at radius 1 is 1.21 bits per heavy atom. The van der Waals surface area contributed by atoms with Gasteiger partial charge in [0.1, 0.15) is 7.05 Å². The maximum Gasteiger partial charge on any atom is 0.230 e. The fourth-order valence-electron chi connectivity index (χ4n) is 1.60. The summed E-state index contributed by atoms with van der Waals surface area (Å²) in [6, 6.07) is 6.16. The molecule has 1 atom stereocenters. The molecule has 1 aliphatic rings. The predicted octanol–water partition coefficient (Wildman–Crippen LogP) is 1.52. The minimum atomic E-state index is 0.790. The average Bonchev–Trinajstić information content (AvgIpc) is 2.24. The molecule has 1 unspecified atom stereocenters. The first-order valence-electron chi connectivity index (χ1n) is 4.89. The molecule has 0 radical (unpaired) electrons. The van der Waals surface area contributed by atoms with Crippen LogP contribution in [0.3, 0.4) is 0 Å². The second-order valence-electron chi connectivity index (χ2n) is 3.92. The summed E-state index contributed by atoms with van der Waals surface area (Å²) in [5, 5.41) is 0. The molecule has 72 valence electrons. The molecule has 0 saturated heterocycles. The highest BCUT2D eigenvalue weighted by Crippen LogP contribution is 2.07. The van der Waals surface area contributed by atoms with Crippen LogP contribution in [0.15, 0.2) is 54.5 Å². The molecule has 1 aromatic rings. The Labute approximate surface area is 85.0 Å². The summed E-state index contributed by atoms with van der Waals surface area (Å²) in [5.74, 6) is 0. The van der Waals surface area contributed by atoms with Crippen molar-refractivity contribution in [1.29, 1.82) is 0 Å². The lowest BCUT2D eigenvalue weighted by molar-refractivity contribution is -0.806. The van der Waals surface area contributed by atoms with Gasteiger partial charge >= 0.3 is 0 Å². The van der Waals surface area contributed by atoms with E-state index in [1.807, 2.05) is 6.07 Å². The first-order chi connectivity index (χ1) is 6.71. The van der Waals surface area contributed by atoms with E-state index < -0.39 is 0 Å². The molecule has 0 fully saturated rings. The van der Waals surface area contributed by atoms with Crippen LogP contribution in [0.2, 0.25) is 0 Å². The lowest BCUT2D eigenvalue weighted by Crippen LogP contribution is -2.69. The maximum atomic E-state index is 2.26. The molecule has 0 aliphatic carbocycles. The number of quaternary nitrogens is 1. The molecule has 2 rings (SSSR count). The van der Waals surface area contributed by atoms with Gasteiger partial charge in [0.25, 0.3) is 0 Å². The Hall–Kier alpha value is -1.41. The molecule has 0 saturated carbocycles. The molecule has 2 heterocycles. The van der Waals surface area contributed by atoms with Gasteiger partial charge in [-0.25, -0.2) is 0 Å². The Bertz CT molecular complexity index is 379. The fourth-order valence-corrected chi connectivity index (χ4v) is 1.60. The van der Waals surface area contributed by atoms with Crippen LogP contribution in [0.5, 0.6) is 0 Å². The van der Waals surface area contributed by atoms with Crippen molar-refractivity contribution in [1.82, 2.24) is 4.59 Å². The van der Waals surface area contributed by atoms with Crippen molar-refractivity contribution < 1.29 is 4.68 Å². The van der Waals surface area contributed by atoms with Crippen LogP contribution in [0.4, 0.5) is 0 Å². The summed E-state index contributed by atoms with van der Waals surface area (Å²) >= 11 is 0. The van der Waals surface area contributed by atoms with Gasteiger partial charge < -0.3 is 0 Å². The van der Waals surface area contributed by atoms with Crippen LogP contribution in [-0.2, 0) is 0 Å². The van der Waals surface area contributed by atoms with Crippen LogP contribution in [-0.4, -0.2) is 13.6 Å². The molecule has 0 amide bonds. The molecular weight excluding hydrogens is 172 g/mol. The van der Waals surface area contributed by atoms with Crippen LogP contribution < -0.4 is 9.27 Å². The van der Waals surface area contributed by atoms with E-state index in [2.05, 4.69) is 61.5 Å². The number of aromatic nitrogens is 1. The summed E-state index contributed by atoms with van der Waals surface area (Å²) in [6.07, 6.45) is 10.8. The van der Waals surface area contributed by atoms with E-state index in [1.165, 1.54) is 5.57 Å². The Morgan fingerprint density at radius 2 is 1.93 bits per heavy atom. The van der Waals surface area contributed by atoms with Gasteiger partial charge in [-0.1, -0.05) is 4.59 Å². The Balaban J connectivity index is 2.32. The summed E-state index contributed by atoms with van der Waals surface area (Å²) in [4.78, 5) is 0. The highest BCUT2D eigenvalue weighted by molar-refractivity contribution is 5.22. The smallest absolute Gasteiger partial charge is 0.0719 e. The van der Waals surface area contributed by atoms with Gasteiger partial charge in [0, 0.05) is 12.1 Å². The second-order valence-corrected chi connectivity index (χ2v) is 3.92. The molecule has 2 nitrogen and oxygen atoms in total. The molecule has 1 aromatic heterocycles. The number of rotatable bonds is 1. The van der Waals surface area contributed by atoms with Crippen molar-refractivity contribution >= 4 is 0 Å². The largest absolute Gasteiger partial charge is 0.230 e. The van der Waals surface area contributed by atoms with Gasteiger partial charge in [-0.05, 0) is 35.4 Å². The monoisotopic (exact) mass is 188 g/mol. The standard InChI is InChI=1S/C12H16N2/c1-12-6-10-14(2,11-7-12)13-8-4-3-5-9-13/h3-10H,11H2,1-2H3/q+2. The van der Waals surface area contributed by atoms with Crippen molar-refractivity contribution in [3.05, 3.63) is 54.5 Å². The van der Waals surface area contributed by atoms with Crippen molar-refractivity contribution in [2.45, 2.75) is 6.92 Å². The number of hydrogen-bond donors (Lipinski definition) is 0. The highest BCUT2D eigenvalue weighted by atomic mass is 15.7. The van der Waals surface area contributed by atoms with Gasteiger partial charge in [-0.2, -0.15) is 0 Å². The van der Waals surface area contributed by atoms with E-state index in [9.17, 15) is 0 Å². The molecule has 2 heteroatoms. The third-order valence-electron chi connectivity index (χ3n) is 2.67. The minimum absolute atomic E-state index is 0.790. The van der Waals surface area contributed by atoms with Gasteiger partial charge in [0.15, 0.2) is 12.7 Å². The third kappa shape index (κ3) is 1.61. The van der Waals surface area contributed by atoms with Crippen molar-refractivity contribution in [3.63, 3.8) is 0 Å². The van der Waals surface area contributed by atoms with Gasteiger partial charge in [-0.3, -0.25) is 0 Å². The first kappa shape index (κ1) is 9.16. The first-order valence-corrected chi connectivity index (χ1v) is 4.89. The molecular formula is C12H16N2+2. The van der Waals surface area contributed by atoms with Crippen LogP contribution in [0, 0.1) is 0 Å². The van der Waals surface area contributed by atoms with Crippen molar-refractivity contribution in [2.24, 2.45) is 0 Å². The van der Waals surface area contributed by atoms with Crippen LogP contribution >= 0.6 is 0 Å². The number of nitrogens with zero attached hydrogens (tertiary/aromatic N) is 2. The average molecular weight is 188 g/mol. The van der Waals surface area contributed by atoms with E-state index in [0.717, 1.165) is 11.1 Å². The lowest BCUT2D eigenvalue weighted by atomic mass is 10.2. The molecule has 14 heavy (non-hydrogen) atoms. The fraction of sp³-hybridized carbons (Fsp3) is 0.250. The van der Waals surface area contributed by atoms with Gasteiger partial charge in [0.05, 0.1) is 0 Å². The molecule has 0 spiro atoms. The molecule has 0 aromatic carbocycles. The minimum Gasteiger partial charge on any atom is -0.0719 e. The van der Waals surface area contributed by atoms with E-state index in [-0.39, 0.29) is 0 Å². The number of allylic oxidation sites excluding steroid dienone is 2. The molecule has 0 N–H and O–H groups in total. The highest BCUT2D eigenvalue weighted by Gasteiger charge is 2.29. The maximum absolute atomic E-state index is 2.26. The topological polar surface area (TPSA) is 3.88 Å². The third-order valence-corrected chi connectivity index (χ3v) is 2.67. The number of pyridine rings is 1. The van der Waals surface area contributed by atoms with Crippen molar-refractivity contribution in [3.8, 4) is 0 Å². The van der Waals surface area contributed by atoms with Gasteiger partial charge in [0.2, 0.25) is 12.4 Å². The zero-order valence-electron chi connectivity index (χ0n) is 8.72. The number of likely N-dealkylation sites (N-methyl/N-ethyl adjacent to an activating group) is 1. The lowest BCUT2D eigenvalue weighted by Gasteiger charge is -2.23. The SMILES string of the molecule is CC1=CC[N+](C)([n+]2ccccc2)C=C1. The quantitative estimate of drug-likeness (QED) is 0.464. The zero-order valence-corrected chi connectivity index (χ0v) is 8.72. The van der Waals surface area contributed by atoms with E-state index in [0.29, 0.717) is 0 Å². The zero-order chi connectivity index (χ0) is 10.0. The summed E-state index contributed by atoms with van der Waals surface area (Å²) in [7, 11) is 2.19. The van der Waals surface area contributed by atoms with Crippen LogP contribution in [0.1, 0.15) is 6.92 Å². The molecule has 0 bridgehead atoms. The Kier molecular flexibility index (Phi) is 2.22. The normalized spacial score (nSPS) is 26.0. The molecule has 1 aliphatic heterocycles. The number of hydrogen-bond acceptors (Lipinski definition) is 0. The van der Waals surface area contributed by atoms with Crippen LogP contribution in [0.25, 0.3) is 0 Å². The summed E-state index contributed by atoms with van der Waals surface area (Å²) in [5.41, 5.74) is 1.34. The summed E-state index contributed by atoms with van der Waals surface area (Å²) in [6.45, 7) is 3.15. The van der Waals surface area contributed by atoms with Crippen molar-refractivity contribution in [2.75, 3.05) is 13.6 Å². The summed E-state index contributed by atoms with van der Waals surface area (Å²) < 4.78 is 2.98. The Morgan fingerprint density at radius 3 is 2.50 bits per heavy atom. The van der Waals surface area contributed by atoms with E-state index in [4.69, 9.17) is 0 Å². The van der Waals surface area contributed by atoms with Gasteiger partial charge in [-0.15, -0.1) is 0 Å². The predicted molar refractivity (Wildman–Crippen MR) is 57.9 cm³/mol. The van der Waals surface area contributed by atoms with E-state index in [1.54, 1.807) is 0 Å².